The van der Waals surface area contributed by atoms with Crippen molar-refractivity contribution in [2.24, 2.45) is 14.1 Å². The third kappa shape index (κ3) is 2.22. The molecule has 156 valence electrons. The summed E-state index contributed by atoms with van der Waals surface area (Å²) in [6.07, 6.45) is 0.582. The lowest BCUT2D eigenvalue weighted by atomic mass is 10.3. The number of rotatable bonds is 1. The average molecular weight is 413 g/mol. The van der Waals surface area contributed by atoms with E-state index in [9.17, 15) is 19.2 Å². The van der Waals surface area contributed by atoms with E-state index in [0.717, 1.165) is 0 Å². The molecule has 5 rings (SSSR count). The van der Waals surface area contributed by atoms with Crippen LogP contribution < -0.4 is 27.4 Å². The molecular formula is C17H19N9O4. The number of aromatic amines is 2. The maximum Gasteiger partial charge on any atom is 0.329 e. The summed E-state index contributed by atoms with van der Waals surface area (Å²) in [5, 5.41) is 0. The van der Waals surface area contributed by atoms with E-state index in [1.54, 1.807) is 28.1 Å². The zero-order valence-corrected chi connectivity index (χ0v) is 16.6. The summed E-state index contributed by atoms with van der Waals surface area (Å²) in [5.41, 5.74) is -0.947. The van der Waals surface area contributed by atoms with Gasteiger partial charge in [-0.25, -0.2) is 9.59 Å². The fourth-order valence-electron chi connectivity index (χ4n) is 4.04. The van der Waals surface area contributed by atoms with Crippen molar-refractivity contribution in [2.45, 2.75) is 26.4 Å². The Morgan fingerprint density at radius 2 is 1.23 bits per heavy atom. The molecule has 1 aliphatic rings. The zero-order valence-electron chi connectivity index (χ0n) is 16.6. The highest BCUT2D eigenvalue weighted by atomic mass is 16.2. The molecule has 0 aliphatic carbocycles. The lowest BCUT2D eigenvalue weighted by Gasteiger charge is -2.25. The van der Waals surface area contributed by atoms with Gasteiger partial charge in [0.2, 0.25) is 11.9 Å². The molecule has 0 amide bonds. The van der Waals surface area contributed by atoms with Gasteiger partial charge in [0.1, 0.15) is 0 Å². The number of aryl methyl sites for hydroxylation is 4. The van der Waals surface area contributed by atoms with Gasteiger partial charge < -0.3 is 9.13 Å². The second-order valence-electron chi connectivity index (χ2n) is 7.21. The van der Waals surface area contributed by atoms with Crippen LogP contribution in [0.1, 0.15) is 13.3 Å². The maximum absolute atomic E-state index is 12.5. The summed E-state index contributed by atoms with van der Waals surface area (Å²) in [7, 11) is 3.09. The van der Waals surface area contributed by atoms with Crippen LogP contribution in [-0.4, -0.2) is 44.7 Å². The normalized spacial score (nSPS) is 14.0. The van der Waals surface area contributed by atoms with Crippen molar-refractivity contribution in [3.05, 3.63) is 41.7 Å². The van der Waals surface area contributed by atoms with Crippen molar-refractivity contribution in [1.29, 1.82) is 0 Å². The van der Waals surface area contributed by atoms with Gasteiger partial charge in [-0.15, -0.1) is 0 Å². The molecule has 0 bridgehead atoms. The molecule has 0 saturated heterocycles. The summed E-state index contributed by atoms with van der Waals surface area (Å²) < 4.78 is 6.12. The van der Waals surface area contributed by atoms with E-state index in [1.165, 1.54) is 9.13 Å². The number of H-pyrrole nitrogens is 2. The van der Waals surface area contributed by atoms with Crippen LogP contribution in [0.25, 0.3) is 22.3 Å². The van der Waals surface area contributed by atoms with Crippen LogP contribution in [0.4, 0.5) is 11.9 Å². The molecule has 13 heteroatoms. The SMILES string of the molecule is CCN1c2nc3c(c(=O)[nH]c(=O)n3C)n2CCCn2c1nc1c2c(=O)[nH]c(=O)n1C. The zero-order chi connectivity index (χ0) is 21.3. The van der Waals surface area contributed by atoms with Gasteiger partial charge in [0, 0.05) is 33.7 Å². The van der Waals surface area contributed by atoms with E-state index in [-0.39, 0.29) is 11.3 Å². The minimum absolute atomic E-state index is 0.270. The van der Waals surface area contributed by atoms with Crippen LogP contribution in [0, 0.1) is 0 Å². The molecule has 1 aliphatic heterocycles. The molecule has 0 radical (unpaired) electrons. The van der Waals surface area contributed by atoms with Crippen LogP contribution in [-0.2, 0) is 27.2 Å². The van der Waals surface area contributed by atoms with E-state index in [2.05, 4.69) is 19.9 Å². The van der Waals surface area contributed by atoms with Crippen LogP contribution in [0.2, 0.25) is 0 Å². The monoisotopic (exact) mass is 413 g/mol. The molecule has 0 fully saturated rings. The van der Waals surface area contributed by atoms with Crippen LogP contribution in [0.15, 0.2) is 19.2 Å². The van der Waals surface area contributed by atoms with Crippen LogP contribution in [0.5, 0.6) is 0 Å². The summed E-state index contributed by atoms with van der Waals surface area (Å²) >= 11 is 0. The number of hydrogen-bond acceptors (Lipinski definition) is 7. The van der Waals surface area contributed by atoms with Gasteiger partial charge in [-0.2, -0.15) is 9.97 Å². The van der Waals surface area contributed by atoms with Crippen molar-refractivity contribution in [3.63, 3.8) is 0 Å². The third-order valence-electron chi connectivity index (χ3n) is 5.54. The number of aromatic nitrogens is 8. The Bertz CT molecular complexity index is 1460. The lowest BCUT2D eigenvalue weighted by molar-refractivity contribution is 0.556. The van der Waals surface area contributed by atoms with Crippen molar-refractivity contribution >= 4 is 34.2 Å². The molecular weight excluding hydrogens is 394 g/mol. The summed E-state index contributed by atoms with van der Waals surface area (Å²) in [4.78, 5) is 64.7. The predicted molar refractivity (Wildman–Crippen MR) is 108 cm³/mol. The van der Waals surface area contributed by atoms with Gasteiger partial charge in [0.15, 0.2) is 22.3 Å². The number of imidazole rings is 2. The van der Waals surface area contributed by atoms with Gasteiger partial charge in [0.05, 0.1) is 0 Å². The first-order valence-corrected chi connectivity index (χ1v) is 9.50. The molecule has 13 nitrogen and oxygen atoms in total. The molecule has 4 aromatic heterocycles. The Labute approximate surface area is 166 Å². The van der Waals surface area contributed by atoms with Crippen molar-refractivity contribution in [2.75, 3.05) is 11.4 Å². The molecule has 4 aromatic rings. The summed E-state index contributed by atoms with van der Waals surface area (Å²) in [6.45, 7) is 3.23. The van der Waals surface area contributed by atoms with Gasteiger partial charge >= 0.3 is 11.4 Å². The highest BCUT2D eigenvalue weighted by Gasteiger charge is 2.28. The van der Waals surface area contributed by atoms with Crippen molar-refractivity contribution in [1.82, 2.24) is 38.2 Å². The highest BCUT2D eigenvalue weighted by Crippen LogP contribution is 2.30. The number of nitrogens with zero attached hydrogens (tertiary/aromatic N) is 7. The molecule has 0 atom stereocenters. The Kier molecular flexibility index (Phi) is 3.66. The van der Waals surface area contributed by atoms with E-state index in [0.29, 0.717) is 49.0 Å². The van der Waals surface area contributed by atoms with E-state index >= 15 is 0 Å². The standard InChI is InChI=1S/C17H19N9O4/c1-4-24-14-18-10-8(12(27)20-16(29)22(10)2)25(14)6-5-7-26-9-11(19-15(24)26)23(3)17(30)21-13(9)28/h4-7H2,1-3H3,(H,20,27,29)(H,21,28,30). The largest absolute Gasteiger partial charge is 0.329 e. The van der Waals surface area contributed by atoms with Crippen LogP contribution in [0.3, 0.4) is 0 Å². The number of hydrogen-bond donors (Lipinski definition) is 2. The quantitative estimate of drug-likeness (QED) is 0.395. The predicted octanol–water partition coefficient (Wildman–Crippen LogP) is -1.28. The van der Waals surface area contributed by atoms with Crippen molar-refractivity contribution < 1.29 is 0 Å². The van der Waals surface area contributed by atoms with Gasteiger partial charge in [-0.3, -0.25) is 33.6 Å². The first-order chi connectivity index (χ1) is 14.3. The maximum atomic E-state index is 12.5. The molecule has 30 heavy (non-hydrogen) atoms. The van der Waals surface area contributed by atoms with Crippen molar-refractivity contribution in [3.8, 4) is 0 Å². The number of nitrogens with one attached hydrogen (secondary N) is 2. The lowest BCUT2D eigenvalue weighted by Crippen LogP contribution is -2.31. The van der Waals surface area contributed by atoms with E-state index in [4.69, 9.17) is 0 Å². The second kappa shape index (κ2) is 6.05. The minimum Gasteiger partial charge on any atom is -0.304 e. The fraction of sp³-hybridized carbons (Fsp3) is 0.412. The van der Waals surface area contributed by atoms with E-state index in [1.807, 2.05) is 6.92 Å². The van der Waals surface area contributed by atoms with E-state index < -0.39 is 22.5 Å². The molecule has 0 spiro atoms. The number of fused-ring (bicyclic) bond motifs is 6. The average Bonchev–Trinajstić information content (AvgIpc) is 3.24. The third-order valence-corrected chi connectivity index (χ3v) is 5.54. The minimum atomic E-state index is -0.546. The first-order valence-electron chi connectivity index (χ1n) is 9.50. The van der Waals surface area contributed by atoms with Gasteiger partial charge in [0.25, 0.3) is 11.1 Å². The Morgan fingerprint density at radius 3 is 1.63 bits per heavy atom. The molecule has 0 aromatic carbocycles. The summed E-state index contributed by atoms with van der Waals surface area (Å²) in [6, 6.07) is 0. The topological polar surface area (TPSA) is 149 Å². The molecule has 2 N–H and O–H groups in total. The molecule has 0 saturated carbocycles. The van der Waals surface area contributed by atoms with Gasteiger partial charge in [-0.1, -0.05) is 0 Å². The smallest absolute Gasteiger partial charge is 0.304 e. The van der Waals surface area contributed by atoms with Gasteiger partial charge in [-0.05, 0) is 13.3 Å². The van der Waals surface area contributed by atoms with Crippen LogP contribution >= 0.6 is 0 Å². The fourth-order valence-corrected chi connectivity index (χ4v) is 4.04. The highest BCUT2D eigenvalue weighted by molar-refractivity contribution is 5.79. The Balaban J connectivity index is 1.89. The molecule has 0 unspecified atom stereocenters. The Hall–Kier alpha value is -3.90. The molecule has 5 heterocycles. The summed E-state index contributed by atoms with van der Waals surface area (Å²) in [5.74, 6) is 0.883. The first kappa shape index (κ1) is 18.1. The second-order valence-corrected chi connectivity index (χ2v) is 7.21. The Morgan fingerprint density at radius 1 is 0.800 bits per heavy atom. The number of anilines is 2.